The number of ether oxygens (including phenoxy) is 3. The molecule has 2 saturated carbocycles. The molecule has 71 heavy (non-hydrogen) atoms. The van der Waals surface area contributed by atoms with Crippen LogP contribution >= 0.6 is 11.6 Å². The molecule has 15 nitrogen and oxygen atoms in total. The largest absolute Gasteiger partial charge is 0.445 e. The highest BCUT2D eigenvalue weighted by Gasteiger charge is 2.46. The number of piperidine rings is 2. The molecule has 6 bridgehead atoms. The number of rotatable bonds is 7. The molecule has 7 rings (SSSR count). The van der Waals surface area contributed by atoms with Gasteiger partial charge in [0.2, 0.25) is 0 Å². The molecule has 6 amide bonds. The van der Waals surface area contributed by atoms with Gasteiger partial charge in [-0.1, -0.05) is 57.0 Å². The van der Waals surface area contributed by atoms with Gasteiger partial charge >= 0.3 is 29.7 Å². The van der Waals surface area contributed by atoms with Crippen molar-refractivity contribution >= 4 is 41.3 Å². The first kappa shape index (κ1) is 61.3. The van der Waals surface area contributed by atoms with Crippen LogP contribution in [0.3, 0.4) is 0 Å². The quantitative estimate of drug-likeness (QED) is 0.137. The van der Waals surface area contributed by atoms with E-state index in [4.69, 9.17) is 25.8 Å². The highest BCUT2D eigenvalue weighted by atomic mass is 35.5. The Morgan fingerprint density at radius 1 is 0.606 bits per heavy atom. The van der Waals surface area contributed by atoms with Crippen molar-refractivity contribution in [1.82, 2.24) is 35.6 Å². The lowest BCUT2D eigenvalue weighted by Crippen LogP contribution is -2.53. The number of halogens is 1. The van der Waals surface area contributed by atoms with E-state index in [1.807, 2.05) is 97.8 Å². The molecule has 8 atom stereocenters. The van der Waals surface area contributed by atoms with Crippen LogP contribution in [-0.2, 0) is 20.8 Å². The van der Waals surface area contributed by atoms with Gasteiger partial charge in [-0.3, -0.25) is 4.79 Å². The summed E-state index contributed by atoms with van der Waals surface area (Å²) < 4.78 is 16.2. The van der Waals surface area contributed by atoms with E-state index in [2.05, 4.69) is 41.6 Å². The molecule has 406 valence electrons. The minimum atomic E-state index is -0.482. The predicted molar refractivity (Wildman–Crippen MR) is 284 cm³/mol. The average Bonchev–Trinajstić information content (AvgIpc) is 3.85. The predicted octanol–water partition coefficient (Wildman–Crippen LogP) is 11.5. The highest BCUT2D eigenvalue weighted by molar-refractivity contribution is 6.62. The van der Waals surface area contributed by atoms with Crippen molar-refractivity contribution in [2.24, 2.45) is 35.5 Å². The van der Waals surface area contributed by atoms with Gasteiger partial charge in [-0.05, 0) is 193 Å². The van der Waals surface area contributed by atoms with Crippen LogP contribution in [0.5, 0.6) is 0 Å². The number of fused-ring (bicyclic) bond motifs is 6. The summed E-state index contributed by atoms with van der Waals surface area (Å²) in [5.41, 5.74) is 0.162. The number of hydrogen-bond donors (Lipinski definition) is 3. The van der Waals surface area contributed by atoms with E-state index in [-0.39, 0.29) is 36.4 Å². The van der Waals surface area contributed by atoms with Crippen LogP contribution in [-0.4, -0.2) is 139 Å². The lowest BCUT2D eigenvalue weighted by Gasteiger charge is -2.42. The van der Waals surface area contributed by atoms with Crippen molar-refractivity contribution in [3.63, 3.8) is 0 Å². The summed E-state index contributed by atoms with van der Waals surface area (Å²) in [6, 6.07) is 11.7. The zero-order valence-electron chi connectivity index (χ0n) is 46.6. The fraction of sp³-hybridized carbons (Fsp3) is 0.800. The van der Waals surface area contributed by atoms with E-state index in [1.54, 1.807) is 33.1 Å². The molecule has 4 saturated heterocycles. The van der Waals surface area contributed by atoms with Crippen molar-refractivity contribution in [2.45, 2.75) is 207 Å². The van der Waals surface area contributed by atoms with Gasteiger partial charge in [-0.15, -0.1) is 0 Å². The number of benzene rings is 1. The molecule has 0 spiro atoms. The third kappa shape index (κ3) is 20.8. The van der Waals surface area contributed by atoms with Crippen LogP contribution in [0, 0.1) is 35.5 Å². The standard InChI is InChI=1S/C18H25NO2.C17H31N3O3.C15H27NO2.C3H6ClNO.C2H7N/c1-13(2)15-10-16-8-9-17(11-15)19(16)18(20)21-12-14-6-4-3-5-7-14;1-11(18-15(21)23-17(2,3)4)12-9-13-7-8-14(10-12)20(13)16(22)19(5)6;1-10(16-14(17)18-15(2,3)4)13-8-11-5-6-12(7-11)9-13;1-5(2)3(4)6;1-3-2/h3-7,13,15-17H,8-12H2,1-2H3;11-14H,7-10H2,1-6H3,(H,18,21);10-13H,5-9H2,1-4H3,(H,16,17);1-2H3;3H,1-2H3/t;11-,12?,13?,14?;10-,11?,12?,13?;;/m.11../s1. The minimum absolute atomic E-state index is 0.0598. The van der Waals surface area contributed by atoms with Crippen molar-refractivity contribution in [1.29, 1.82) is 0 Å². The monoisotopic (exact) mass is 1020 g/mol. The maximum absolute atomic E-state index is 12.4. The van der Waals surface area contributed by atoms with Crippen LogP contribution < -0.4 is 16.0 Å². The summed E-state index contributed by atoms with van der Waals surface area (Å²) in [4.78, 5) is 65.3. The van der Waals surface area contributed by atoms with Gasteiger partial charge in [0.15, 0.2) is 0 Å². The Bertz CT molecular complexity index is 1770. The van der Waals surface area contributed by atoms with Crippen molar-refractivity contribution < 1.29 is 38.2 Å². The number of nitrogens with one attached hydrogen (secondary N) is 3. The lowest BCUT2D eigenvalue weighted by atomic mass is 9.78. The number of nitrogens with zero attached hydrogens (tertiary/aromatic N) is 4. The van der Waals surface area contributed by atoms with E-state index < -0.39 is 16.6 Å². The average molecular weight is 1020 g/mol. The number of amides is 6. The van der Waals surface area contributed by atoms with Gasteiger partial charge in [0, 0.05) is 64.4 Å². The fourth-order valence-corrected chi connectivity index (χ4v) is 11.2. The van der Waals surface area contributed by atoms with Crippen LogP contribution in [0.4, 0.5) is 24.0 Å². The Kier molecular flexibility index (Phi) is 24.6. The first-order valence-electron chi connectivity index (χ1n) is 26.6. The number of carbonyl (C=O) groups is 5. The number of hydrogen-bond acceptors (Lipinski definition) is 9. The van der Waals surface area contributed by atoms with Gasteiger partial charge in [0.1, 0.15) is 17.8 Å². The van der Waals surface area contributed by atoms with Crippen LogP contribution in [0.1, 0.15) is 158 Å². The second kappa shape index (κ2) is 28.5. The molecule has 1 aromatic carbocycles. The summed E-state index contributed by atoms with van der Waals surface area (Å²) in [5, 5.41) is 8.30. The third-order valence-corrected chi connectivity index (χ3v) is 15.0. The normalized spacial score (nSPS) is 26.7. The van der Waals surface area contributed by atoms with Crippen LogP contribution in [0.25, 0.3) is 0 Å². The van der Waals surface area contributed by atoms with Gasteiger partial charge in [0.05, 0.1) is 0 Å². The zero-order chi connectivity index (χ0) is 53.4. The Morgan fingerprint density at radius 2 is 0.986 bits per heavy atom. The van der Waals surface area contributed by atoms with Gasteiger partial charge in [-0.25, -0.2) is 19.2 Å². The summed E-state index contributed by atoms with van der Waals surface area (Å²) in [6.07, 6.45) is 14.7. The van der Waals surface area contributed by atoms with Crippen molar-refractivity contribution in [3.8, 4) is 0 Å². The topological polar surface area (TPSA) is 162 Å². The van der Waals surface area contributed by atoms with E-state index in [0.29, 0.717) is 42.6 Å². The summed E-state index contributed by atoms with van der Waals surface area (Å²) in [7, 11) is 10.5. The molecule has 0 radical (unpaired) electrons. The minimum Gasteiger partial charge on any atom is -0.445 e. The summed E-state index contributed by atoms with van der Waals surface area (Å²) in [6.45, 7) is 20.4. The van der Waals surface area contributed by atoms with E-state index in [1.165, 1.54) is 37.0 Å². The molecule has 2 aliphatic carbocycles. The molecule has 4 heterocycles. The molecule has 6 unspecified atom stereocenters. The van der Waals surface area contributed by atoms with Gasteiger partial charge in [-0.2, -0.15) is 0 Å². The Balaban J connectivity index is 0.000000260. The molecular formula is C55H96ClN7O8. The Morgan fingerprint density at radius 3 is 1.35 bits per heavy atom. The molecule has 0 aromatic heterocycles. The van der Waals surface area contributed by atoms with E-state index >= 15 is 0 Å². The smallest absolute Gasteiger partial charge is 0.410 e. The maximum atomic E-state index is 12.4. The molecule has 1 aromatic rings. The zero-order valence-corrected chi connectivity index (χ0v) is 47.4. The van der Waals surface area contributed by atoms with Crippen LogP contribution in [0.2, 0.25) is 0 Å². The highest BCUT2D eigenvalue weighted by Crippen LogP contribution is 2.46. The SMILES string of the molecule is CC(C)C1CC2CCC(C1)N2C(=O)OCc1ccccc1.CN(C)C(=O)Cl.CNC.C[C@@H](NC(=O)OC(C)(C)C)C1CC2CCC(C1)N2C(=O)N(C)C.C[C@@H](NC(=O)OC(C)(C)C)C1CC2CCC(C2)C1. The van der Waals surface area contributed by atoms with Crippen molar-refractivity contribution in [3.05, 3.63) is 35.9 Å². The van der Waals surface area contributed by atoms with Crippen molar-refractivity contribution in [2.75, 3.05) is 42.3 Å². The molecule has 4 aliphatic heterocycles. The van der Waals surface area contributed by atoms with E-state index in [0.717, 1.165) is 80.6 Å². The molecular weight excluding hydrogens is 922 g/mol. The summed E-state index contributed by atoms with van der Waals surface area (Å²) in [5.74, 6) is 4.35. The van der Waals surface area contributed by atoms with Crippen LogP contribution in [0.15, 0.2) is 30.3 Å². The maximum Gasteiger partial charge on any atom is 0.410 e. The molecule has 16 heteroatoms. The number of carbonyl (C=O) groups excluding carboxylic acids is 5. The molecule has 6 aliphatic rings. The second-order valence-electron chi connectivity index (χ2n) is 23.8. The third-order valence-electron chi connectivity index (χ3n) is 14.7. The summed E-state index contributed by atoms with van der Waals surface area (Å²) >= 11 is 4.90. The lowest BCUT2D eigenvalue weighted by molar-refractivity contribution is 0.0445. The second-order valence-corrected chi connectivity index (χ2v) is 24.1. The van der Waals surface area contributed by atoms with Gasteiger partial charge < -0.3 is 49.8 Å². The fourth-order valence-electron chi connectivity index (χ4n) is 11.2. The Labute approximate surface area is 433 Å². The number of alkyl carbamates (subject to hydrolysis) is 2. The van der Waals surface area contributed by atoms with Gasteiger partial charge in [0.25, 0.3) is 0 Å². The Hall–Kier alpha value is -3.98. The molecule has 3 N–H and O–H groups in total. The first-order valence-corrected chi connectivity index (χ1v) is 26.9. The van der Waals surface area contributed by atoms with E-state index in [9.17, 15) is 24.0 Å². The first-order chi connectivity index (χ1) is 33.1. The number of urea groups is 1. The molecule has 6 fully saturated rings.